The molecule has 1 aromatic carbocycles. The molecule has 8 heteroatoms. The Kier molecular flexibility index (Phi) is 5.02. The van der Waals surface area contributed by atoms with E-state index in [0.717, 1.165) is 0 Å². The van der Waals surface area contributed by atoms with Gasteiger partial charge >= 0.3 is 0 Å². The van der Waals surface area contributed by atoms with Gasteiger partial charge in [-0.05, 0) is 43.4 Å². The van der Waals surface area contributed by atoms with Crippen LogP contribution in [0.3, 0.4) is 0 Å². The lowest BCUT2D eigenvalue weighted by Crippen LogP contribution is -2.33. The fourth-order valence-corrected chi connectivity index (χ4v) is 2.24. The number of phenols is 1. The molecule has 0 radical (unpaired) electrons. The molecular weight excluding hydrogens is 369 g/mol. The van der Waals surface area contributed by atoms with Crippen molar-refractivity contribution in [3.05, 3.63) is 40.5 Å². The summed E-state index contributed by atoms with van der Waals surface area (Å²) >= 11 is 22.4. The average Bonchev–Trinajstić information content (AvgIpc) is 2.41. The first-order chi connectivity index (χ1) is 10.2. The predicted molar refractivity (Wildman–Crippen MR) is 91.5 cm³/mol. The van der Waals surface area contributed by atoms with E-state index in [1.807, 2.05) is 0 Å². The Hall–Kier alpha value is -1.27. The maximum atomic E-state index is 10.0. The fraction of sp³-hybridized carbons (Fsp3) is 0.143. The highest BCUT2D eigenvalue weighted by molar-refractivity contribution is 7.80. The minimum absolute atomic E-state index is 0.0581. The number of hydrogen-bond donors (Lipinski definition) is 2. The number of aliphatic hydroxyl groups is 1. The van der Waals surface area contributed by atoms with Crippen LogP contribution in [0.4, 0.5) is 0 Å². The van der Waals surface area contributed by atoms with Crippen LogP contribution in [0.5, 0.6) is 11.5 Å². The maximum Gasteiger partial charge on any atom is 0.247 e. The predicted octanol–water partition coefficient (Wildman–Crippen LogP) is 4.98. The van der Waals surface area contributed by atoms with Crippen LogP contribution in [0, 0.1) is 0 Å². The molecule has 1 unspecified atom stereocenters. The largest absolute Gasteiger partial charge is 0.504 e. The third-order valence-electron chi connectivity index (χ3n) is 2.72. The molecule has 1 heterocycles. The van der Waals surface area contributed by atoms with Crippen LogP contribution in [0.2, 0.25) is 10.0 Å². The molecule has 2 rings (SSSR count). The van der Waals surface area contributed by atoms with Crippen LogP contribution >= 0.6 is 47.0 Å². The van der Waals surface area contributed by atoms with E-state index in [0.29, 0.717) is 21.3 Å². The number of aromatic nitrogens is 1. The van der Waals surface area contributed by atoms with Gasteiger partial charge in [-0.1, -0.05) is 34.8 Å². The molecule has 1 aromatic heterocycles. The Balaban J connectivity index is 2.36. The Morgan fingerprint density at radius 3 is 2.55 bits per heavy atom. The lowest BCUT2D eigenvalue weighted by molar-refractivity contribution is 0.217. The second kappa shape index (κ2) is 6.46. The van der Waals surface area contributed by atoms with Gasteiger partial charge in [-0.15, -0.1) is 0 Å². The zero-order valence-corrected chi connectivity index (χ0v) is 14.3. The Bertz CT molecular complexity index is 737. The number of aromatic hydroxyl groups is 1. The number of nitrogens with zero attached hydrogens (tertiary/aromatic N) is 1. The average molecular weight is 379 g/mol. The molecule has 0 spiro atoms. The van der Waals surface area contributed by atoms with Crippen molar-refractivity contribution in [1.29, 1.82) is 0 Å². The quantitative estimate of drug-likeness (QED) is 0.580. The SMILES string of the molecule is CC(Cl)(Oc1ccc(-c2ncc(Cl)cc2Cl)cc1O)C(O)=S. The van der Waals surface area contributed by atoms with Gasteiger partial charge < -0.3 is 14.9 Å². The summed E-state index contributed by atoms with van der Waals surface area (Å²) in [6.07, 6.45) is 1.45. The van der Waals surface area contributed by atoms with E-state index in [1.54, 1.807) is 12.1 Å². The van der Waals surface area contributed by atoms with Crippen LogP contribution < -0.4 is 4.74 Å². The summed E-state index contributed by atoms with van der Waals surface area (Å²) < 4.78 is 5.28. The third kappa shape index (κ3) is 3.73. The topological polar surface area (TPSA) is 62.6 Å². The molecule has 0 saturated heterocycles. The summed E-state index contributed by atoms with van der Waals surface area (Å²) in [6, 6.07) is 6.05. The smallest absolute Gasteiger partial charge is 0.247 e. The summed E-state index contributed by atoms with van der Waals surface area (Å²) in [7, 11) is 0. The highest BCUT2D eigenvalue weighted by Gasteiger charge is 2.30. The summed E-state index contributed by atoms with van der Waals surface area (Å²) in [5.74, 6) is -0.142. The number of aliphatic hydroxyl groups excluding tert-OH is 1. The second-order valence-corrected chi connectivity index (χ2v) is 6.44. The van der Waals surface area contributed by atoms with Crippen molar-refractivity contribution in [3.63, 3.8) is 0 Å². The van der Waals surface area contributed by atoms with E-state index >= 15 is 0 Å². The molecule has 116 valence electrons. The molecule has 22 heavy (non-hydrogen) atoms. The van der Waals surface area contributed by atoms with Crippen molar-refractivity contribution in [2.45, 2.75) is 12.0 Å². The Morgan fingerprint density at radius 1 is 1.32 bits per heavy atom. The highest BCUT2D eigenvalue weighted by atomic mass is 35.5. The van der Waals surface area contributed by atoms with Gasteiger partial charge in [0.2, 0.25) is 10.1 Å². The molecular formula is C14H10Cl3NO3S. The highest BCUT2D eigenvalue weighted by Crippen LogP contribution is 2.36. The van der Waals surface area contributed by atoms with Gasteiger partial charge in [0, 0.05) is 11.8 Å². The zero-order valence-electron chi connectivity index (χ0n) is 11.2. The van der Waals surface area contributed by atoms with Crippen LogP contribution in [0.25, 0.3) is 11.3 Å². The monoisotopic (exact) mass is 377 g/mol. The van der Waals surface area contributed by atoms with E-state index in [2.05, 4.69) is 17.2 Å². The van der Waals surface area contributed by atoms with Crippen molar-refractivity contribution in [2.24, 2.45) is 0 Å². The zero-order chi connectivity index (χ0) is 16.5. The van der Waals surface area contributed by atoms with Gasteiger partial charge in [-0.3, -0.25) is 4.98 Å². The molecule has 0 amide bonds. The van der Waals surface area contributed by atoms with Crippen LogP contribution in [0.15, 0.2) is 30.5 Å². The van der Waals surface area contributed by atoms with Gasteiger partial charge in [0.1, 0.15) is 0 Å². The number of rotatable bonds is 4. The van der Waals surface area contributed by atoms with E-state index in [9.17, 15) is 10.2 Å². The Labute approximate surface area is 147 Å². The van der Waals surface area contributed by atoms with E-state index < -0.39 is 10.1 Å². The summed E-state index contributed by atoms with van der Waals surface area (Å²) in [6.45, 7) is 1.36. The lowest BCUT2D eigenvalue weighted by atomic mass is 10.1. The number of hydrogen-bond acceptors (Lipinski definition) is 4. The molecule has 0 fully saturated rings. The molecule has 0 saturated carbocycles. The van der Waals surface area contributed by atoms with Crippen molar-refractivity contribution in [3.8, 4) is 22.8 Å². The van der Waals surface area contributed by atoms with Crippen LogP contribution in [-0.2, 0) is 0 Å². The van der Waals surface area contributed by atoms with Gasteiger partial charge in [-0.2, -0.15) is 0 Å². The first-order valence-corrected chi connectivity index (χ1v) is 7.50. The van der Waals surface area contributed by atoms with Crippen molar-refractivity contribution >= 4 is 52.1 Å². The maximum absolute atomic E-state index is 10.0. The summed E-state index contributed by atoms with van der Waals surface area (Å²) in [4.78, 5) is 4.12. The van der Waals surface area contributed by atoms with Gasteiger partial charge in [0.05, 0.1) is 15.7 Å². The minimum Gasteiger partial charge on any atom is -0.504 e. The number of halogens is 3. The fourth-order valence-electron chi connectivity index (χ4n) is 1.63. The number of ether oxygens (including phenoxy) is 1. The lowest BCUT2D eigenvalue weighted by Gasteiger charge is -2.22. The molecule has 2 N–H and O–H groups in total. The van der Waals surface area contributed by atoms with E-state index in [-0.39, 0.29) is 11.5 Å². The molecule has 0 bridgehead atoms. The van der Waals surface area contributed by atoms with Gasteiger partial charge in [-0.25, -0.2) is 0 Å². The summed E-state index contributed by atoms with van der Waals surface area (Å²) in [5, 5.41) is 17.9. The first kappa shape index (κ1) is 17.1. The molecule has 2 aromatic rings. The van der Waals surface area contributed by atoms with E-state index in [1.165, 1.54) is 25.3 Å². The first-order valence-electron chi connectivity index (χ1n) is 5.96. The number of benzene rings is 1. The standard InChI is InChI=1S/C14H10Cl3NO3S/c1-14(17,13(20)22)21-11-3-2-7(4-10(11)19)12-9(16)5-8(15)6-18-12/h2-6,19H,1H3,(H,20,22). The number of pyridine rings is 1. The molecule has 0 aliphatic rings. The number of thiocarbonyl (C=S) groups is 1. The third-order valence-corrected chi connectivity index (χ3v) is 3.98. The number of phenolic OH excluding ortho intramolecular Hbond substituents is 1. The van der Waals surface area contributed by atoms with Crippen LogP contribution in [-0.4, -0.2) is 25.3 Å². The van der Waals surface area contributed by atoms with Gasteiger partial charge in [0.15, 0.2) is 11.5 Å². The van der Waals surface area contributed by atoms with Crippen molar-refractivity contribution < 1.29 is 14.9 Å². The normalized spacial score (nSPS) is 13.5. The molecule has 0 aliphatic carbocycles. The minimum atomic E-state index is -1.62. The van der Waals surface area contributed by atoms with Crippen LogP contribution in [0.1, 0.15) is 6.92 Å². The second-order valence-electron chi connectivity index (χ2n) is 4.49. The summed E-state index contributed by atoms with van der Waals surface area (Å²) in [5.41, 5.74) is 1.02. The van der Waals surface area contributed by atoms with Crippen molar-refractivity contribution in [2.75, 3.05) is 0 Å². The molecule has 4 nitrogen and oxygen atoms in total. The van der Waals surface area contributed by atoms with Gasteiger partial charge in [0.25, 0.3) is 0 Å². The van der Waals surface area contributed by atoms with E-state index in [4.69, 9.17) is 39.5 Å². The van der Waals surface area contributed by atoms with Crippen molar-refractivity contribution in [1.82, 2.24) is 4.98 Å². The molecule has 0 aliphatic heterocycles. The number of alkyl halides is 1. The Morgan fingerprint density at radius 2 is 2.00 bits per heavy atom. The molecule has 1 atom stereocenters.